The molecule has 2 atom stereocenters. The Labute approximate surface area is 266 Å². The van der Waals surface area contributed by atoms with Gasteiger partial charge in [0.15, 0.2) is 16.7 Å². The molecule has 45 heavy (non-hydrogen) atoms. The first-order chi connectivity index (χ1) is 21.2. The zero-order valence-corrected chi connectivity index (χ0v) is 26.9. The number of hydrazine groups is 1. The van der Waals surface area contributed by atoms with Crippen molar-refractivity contribution in [2.24, 2.45) is 10.8 Å². The number of carboxylic acid groups (broad SMARTS) is 1. The fourth-order valence-corrected chi connectivity index (χ4v) is 5.60. The number of hydrogen-bond acceptors (Lipinski definition) is 10. The van der Waals surface area contributed by atoms with Gasteiger partial charge in [-0.1, -0.05) is 18.2 Å². The summed E-state index contributed by atoms with van der Waals surface area (Å²) in [6.45, 7) is 6.79. The number of aldehydes is 1. The van der Waals surface area contributed by atoms with Crippen LogP contribution < -0.4 is 15.3 Å². The minimum Gasteiger partial charge on any atom is -0.502 e. The number of thioether (sulfide) groups is 1. The van der Waals surface area contributed by atoms with Gasteiger partial charge in [0.2, 0.25) is 5.75 Å². The second kappa shape index (κ2) is 14.9. The fraction of sp³-hybridized carbons (Fsp3) is 0.387. The molecule has 242 valence electrons. The summed E-state index contributed by atoms with van der Waals surface area (Å²) < 4.78 is 10.5. The molecule has 1 fully saturated rings. The average molecular weight is 642 g/mol. The summed E-state index contributed by atoms with van der Waals surface area (Å²) in [4.78, 5) is 58.8. The molecular formula is C31H39N5O8S. The molecule has 1 saturated heterocycles. The van der Waals surface area contributed by atoms with E-state index in [9.17, 15) is 29.4 Å². The third-order valence-corrected chi connectivity index (χ3v) is 7.99. The molecule has 0 aromatic heterocycles. The summed E-state index contributed by atoms with van der Waals surface area (Å²) in [6, 6.07) is 9.69. The van der Waals surface area contributed by atoms with E-state index in [4.69, 9.17) is 15.3 Å². The number of para-hydroxylation sites is 1. The van der Waals surface area contributed by atoms with E-state index >= 15 is 0 Å². The van der Waals surface area contributed by atoms with Crippen LogP contribution in [-0.2, 0) is 14.4 Å². The lowest BCUT2D eigenvalue weighted by molar-refractivity contribution is -0.143. The largest absolute Gasteiger partial charge is 0.502 e. The molecule has 4 N–H and O–H groups in total. The monoisotopic (exact) mass is 641 g/mol. The van der Waals surface area contributed by atoms with E-state index in [0.29, 0.717) is 17.5 Å². The smallest absolute Gasteiger partial charge is 0.407 e. The van der Waals surface area contributed by atoms with Gasteiger partial charge in [0.05, 0.1) is 24.8 Å². The molecule has 0 saturated carbocycles. The molecule has 13 nitrogen and oxygen atoms in total. The number of rotatable bonds is 12. The van der Waals surface area contributed by atoms with Crippen LogP contribution in [0.1, 0.15) is 46.1 Å². The highest BCUT2D eigenvalue weighted by Crippen LogP contribution is 2.41. The molecular weight excluding hydrogens is 602 g/mol. The van der Waals surface area contributed by atoms with Gasteiger partial charge in [0.1, 0.15) is 18.4 Å². The van der Waals surface area contributed by atoms with E-state index in [0.717, 1.165) is 16.8 Å². The van der Waals surface area contributed by atoms with Crippen molar-refractivity contribution in [3.8, 4) is 17.2 Å². The highest BCUT2D eigenvalue weighted by Gasteiger charge is 2.43. The number of aliphatic imine (C=N–C) groups is 1. The number of phenols is 1. The second-order valence-electron chi connectivity index (χ2n) is 11.2. The van der Waals surface area contributed by atoms with Crippen LogP contribution >= 0.6 is 11.8 Å². The normalized spacial score (nSPS) is 16.4. The molecule has 0 radical (unpaired) electrons. The van der Waals surface area contributed by atoms with Crippen molar-refractivity contribution in [1.82, 2.24) is 14.8 Å². The molecule has 2 aromatic rings. The summed E-state index contributed by atoms with van der Waals surface area (Å²) in [6.07, 6.45) is 1.16. The van der Waals surface area contributed by atoms with Crippen molar-refractivity contribution in [2.75, 3.05) is 20.8 Å². The first-order valence-electron chi connectivity index (χ1n) is 14.1. The van der Waals surface area contributed by atoms with Crippen molar-refractivity contribution in [1.29, 1.82) is 0 Å². The van der Waals surface area contributed by atoms with E-state index < -0.39 is 35.5 Å². The molecule has 0 bridgehead atoms. The number of benzene rings is 2. The van der Waals surface area contributed by atoms with Crippen LogP contribution in [0.4, 0.5) is 10.5 Å². The standard InChI is InChI=1S/C31H39N5O8S/c1-19(18-37)36(32)27(39)22(13-10-14-34(30(41)42)31(2,3)4)35-28(40)25(45-29(35)33-21-11-8-7-9-12-21)17-20-15-23(43-5)26(38)24(16-20)44-6/h7-9,11-12,15-19,22,38H,10,13-14,32H2,1-6H3,(H,41,42)/b25-17-,33-29-/t19-,22-/m0/s1. The van der Waals surface area contributed by atoms with Gasteiger partial charge in [-0.05, 0) is 88.2 Å². The van der Waals surface area contributed by atoms with Gasteiger partial charge in [0, 0.05) is 12.1 Å². The van der Waals surface area contributed by atoms with Crippen LogP contribution in [0.25, 0.3) is 6.08 Å². The highest BCUT2D eigenvalue weighted by molar-refractivity contribution is 8.18. The third-order valence-electron chi connectivity index (χ3n) is 7.00. The molecule has 1 heterocycles. The lowest BCUT2D eigenvalue weighted by atomic mass is 10.0. The number of methoxy groups -OCH3 is 2. The first-order valence-corrected chi connectivity index (χ1v) is 14.9. The van der Waals surface area contributed by atoms with Gasteiger partial charge in [0.25, 0.3) is 11.8 Å². The van der Waals surface area contributed by atoms with Gasteiger partial charge in [-0.2, -0.15) is 0 Å². The zero-order valence-electron chi connectivity index (χ0n) is 26.1. The third kappa shape index (κ3) is 8.34. The van der Waals surface area contributed by atoms with Gasteiger partial charge < -0.3 is 29.4 Å². The Morgan fingerprint density at radius 3 is 2.24 bits per heavy atom. The van der Waals surface area contributed by atoms with Gasteiger partial charge >= 0.3 is 6.09 Å². The minimum atomic E-state index is -1.22. The number of hydrogen-bond donors (Lipinski definition) is 3. The van der Waals surface area contributed by atoms with Crippen molar-refractivity contribution in [3.05, 3.63) is 52.9 Å². The van der Waals surface area contributed by atoms with Crippen LogP contribution in [0.3, 0.4) is 0 Å². The number of nitrogens with two attached hydrogens (primary N) is 1. The minimum absolute atomic E-state index is 0.0201. The van der Waals surface area contributed by atoms with Gasteiger partial charge in [-0.25, -0.2) is 15.6 Å². The predicted octanol–water partition coefficient (Wildman–Crippen LogP) is 4.23. The summed E-state index contributed by atoms with van der Waals surface area (Å²) in [5, 5.41) is 21.1. The number of carbonyl (C=O) groups excluding carboxylic acids is 3. The fourth-order valence-electron chi connectivity index (χ4n) is 4.56. The number of amidine groups is 1. The van der Waals surface area contributed by atoms with Crippen molar-refractivity contribution < 1.29 is 38.9 Å². The lowest BCUT2D eigenvalue weighted by Crippen LogP contribution is -2.56. The Morgan fingerprint density at radius 2 is 1.73 bits per heavy atom. The molecule has 3 rings (SSSR count). The van der Waals surface area contributed by atoms with Crippen LogP contribution in [-0.4, -0.2) is 92.8 Å². The van der Waals surface area contributed by atoms with Crippen LogP contribution in [0, 0.1) is 0 Å². The Bertz CT molecular complexity index is 1450. The van der Waals surface area contributed by atoms with E-state index in [-0.39, 0.29) is 46.7 Å². The van der Waals surface area contributed by atoms with Crippen LogP contribution in [0.15, 0.2) is 52.4 Å². The van der Waals surface area contributed by atoms with Crippen molar-refractivity contribution in [3.63, 3.8) is 0 Å². The van der Waals surface area contributed by atoms with Crippen molar-refractivity contribution >= 4 is 52.9 Å². The molecule has 3 amide bonds. The average Bonchev–Trinajstić information content (AvgIpc) is 3.29. The number of aromatic hydroxyl groups is 1. The summed E-state index contributed by atoms with van der Waals surface area (Å²) in [7, 11) is 2.76. The van der Waals surface area contributed by atoms with Crippen LogP contribution in [0.2, 0.25) is 0 Å². The summed E-state index contributed by atoms with van der Waals surface area (Å²) >= 11 is 1.03. The van der Waals surface area contributed by atoms with Crippen molar-refractivity contribution in [2.45, 2.75) is 58.2 Å². The van der Waals surface area contributed by atoms with Gasteiger partial charge in [-0.15, -0.1) is 0 Å². The number of amides is 3. The summed E-state index contributed by atoms with van der Waals surface area (Å²) in [5.41, 5.74) is 0.283. The molecule has 0 spiro atoms. The second-order valence-corrected chi connectivity index (χ2v) is 12.2. The van der Waals surface area contributed by atoms with E-state index in [1.54, 1.807) is 51.1 Å². The Hall–Kier alpha value is -4.56. The van der Waals surface area contributed by atoms with Gasteiger partial charge in [-0.3, -0.25) is 19.5 Å². The maximum absolute atomic E-state index is 14.1. The molecule has 0 unspecified atom stereocenters. The molecule has 2 aromatic carbocycles. The van der Waals surface area contributed by atoms with E-state index in [1.807, 2.05) is 6.07 Å². The Morgan fingerprint density at radius 1 is 1.13 bits per heavy atom. The highest BCUT2D eigenvalue weighted by atomic mass is 32.2. The zero-order chi connectivity index (χ0) is 33.5. The number of nitrogens with zero attached hydrogens (tertiary/aromatic N) is 4. The maximum atomic E-state index is 14.1. The summed E-state index contributed by atoms with van der Waals surface area (Å²) in [5.74, 6) is 4.85. The number of ether oxygens (including phenoxy) is 2. The van der Waals surface area contributed by atoms with E-state index in [2.05, 4.69) is 4.99 Å². The predicted molar refractivity (Wildman–Crippen MR) is 171 cm³/mol. The molecule has 1 aliphatic rings. The lowest BCUT2D eigenvalue weighted by Gasteiger charge is -2.35. The first kappa shape index (κ1) is 34.9. The van der Waals surface area contributed by atoms with Crippen LogP contribution in [0.5, 0.6) is 17.2 Å². The Kier molecular flexibility index (Phi) is 11.6. The molecule has 1 aliphatic heterocycles. The topological polar surface area (TPSA) is 175 Å². The Balaban J connectivity index is 2.12. The maximum Gasteiger partial charge on any atom is 0.407 e. The number of carbonyl (C=O) groups is 4. The molecule has 14 heteroatoms. The quantitative estimate of drug-likeness (QED) is 0.1000. The SMILES string of the molecule is COc1cc(/C=C2\S/C(=N\c3ccccc3)N([C@@H](CCCN(C(=O)O)C(C)(C)C)C(=O)N(N)[C@@H](C)C=O)C2=O)cc(OC)c1O. The molecule has 0 aliphatic carbocycles. The van der Waals surface area contributed by atoms with E-state index in [1.165, 1.54) is 43.1 Å². The number of phenolic OH excluding ortho intramolecular Hbond substituents is 1.